The number of rotatable bonds is 4. The maximum atomic E-state index is 13.1. The Morgan fingerprint density at radius 3 is 2.23 bits per heavy atom. The first kappa shape index (κ1) is 19.1. The van der Waals surface area contributed by atoms with Crippen molar-refractivity contribution in [3.63, 3.8) is 0 Å². The summed E-state index contributed by atoms with van der Waals surface area (Å²) in [7, 11) is -3.65. The Morgan fingerprint density at radius 2 is 1.53 bits per heavy atom. The standard InChI is InChI=1S/C22H22N2O5S/c25-22(10-16-4-2-1-3-5-16)23-12-17-14-24(15-18(17)13-23)30(26,27)19-6-7-20-21(11-19)29-9-8-28-20/h1-7,11H,8-10,12-15H2. The van der Waals surface area contributed by atoms with E-state index in [2.05, 4.69) is 0 Å². The Balaban J connectivity index is 1.25. The average Bonchev–Trinajstić information content (AvgIpc) is 3.34. The van der Waals surface area contributed by atoms with E-state index >= 15 is 0 Å². The third-order valence-corrected chi connectivity index (χ3v) is 7.49. The fourth-order valence-electron chi connectivity index (χ4n) is 4.11. The molecular weight excluding hydrogens is 404 g/mol. The Bertz CT molecular complexity index is 1110. The van der Waals surface area contributed by atoms with E-state index in [9.17, 15) is 13.2 Å². The maximum Gasteiger partial charge on any atom is 0.243 e. The minimum absolute atomic E-state index is 0.0665. The molecule has 8 heteroatoms. The molecule has 1 amide bonds. The Labute approximate surface area is 175 Å². The fourth-order valence-corrected chi connectivity index (χ4v) is 5.55. The lowest BCUT2D eigenvalue weighted by atomic mass is 10.1. The van der Waals surface area contributed by atoms with Crippen LogP contribution in [0.25, 0.3) is 0 Å². The highest BCUT2D eigenvalue weighted by Crippen LogP contribution is 2.35. The number of carbonyl (C=O) groups excluding carboxylic acids is 1. The van der Waals surface area contributed by atoms with Crippen molar-refractivity contribution in [2.45, 2.75) is 11.3 Å². The molecule has 7 nitrogen and oxygen atoms in total. The van der Waals surface area contributed by atoms with E-state index in [1.54, 1.807) is 12.1 Å². The summed E-state index contributed by atoms with van der Waals surface area (Å²) < 4.78 is 38.7. The molecule has 30 heavy (non-hydrogen) atoms. The molecule has 5 rings (SSSR count). The Kier molecular flexibility index (Phi) is 4.75. The number of amides is 1. The second-order valence-corrected chi connectivity index (χ2v) is 9.64. The molecule has 0 aromatic heterocycles. The smallest absolute Gasteiger partial charge is 0.243 e. The van der Waals surface area contributed by atoms with Crippen LogP contribution in [-0.2, 0) is 21.2 Å². The minimum Gasteiger partial charge on any atom is -0.486 e. The van der Waals surface area contributed by atoms with Gasteiger partial charge in [0, 0.05) is 32.2 Å². The van der Waals surface area contributed by atoms with Crippen molar-refractivity contribution in [1.82, 2.24) is 9.21 Å². The molecule has 0 aliphatic carbocycles. The highest BCUT2D eigenvalue weighted by atomic mass is 32.2. The summed E-state index contributed by atoms with van der Waals surface area (Å²) in [6.45, 7) is 2.50. The molecule has 0 fully saturated rings. The van der Waals surface area contributed by atoms with Gasteiger partial charge in [0.25, 0.3) is 0 Å². The van der Waals surface area contributed by atoms with Gasteiger partial charge in [-0.1, -0.05) is 30.3 Å². The van der Waals surface area contributed by atoms with Crippen molar-refractivity contribution in [2.24, 2.45) is 0 Å². The molecule has 0 saturated heterocycles. The zero-order valence-corrected chi connectivity index (χ0v) is 17.2. The molecule has 0 spiro atoms. The molecule has 0 N–H and O–H groups in total. The molecule has 156 valence electrons. The molecule has 0 saturated carbocycles. The number of ether oxygens (including phenoxy) is 2. The summed E-state index contributed by atoms with van der Waals surface area (Å²) in [5, 5.41) is 0. The SMILES string of the molecule is O=C(Cc1ccccc1)N1CC2=C(C1)CN(S(=O)(=O)c1ccc3c(c1)OCCO3)C2. The number of carbonyl (C=O) groups is 1. The normalized spacial score (nSPS) is 18.6. The van der Waals surface area contributed by atoms with Crippen molar-refractivity contribution in [2.75, 3.05) is 39.4 Å². The van der Waals surface area contributed by atoms with E-state index < -0.39 is 10.0 Å². The monoisotopic (exact) mass is 426 g/mol. The third-order valence-electron chi connectivity index (χ3n) is 5.70. The minimum atomic E-state index is -3.65. The lowest BCUT2D eigenvalue weighted by Gasteiger charge is -2.24. The van der Waals surface area contributed by atoms with Gasteiger partial charge in [-0.15, -0.1) is 0 Å². The van der Waals surface area contributed by atoms with Crippen LogP contribution in [0.4, 0.5) is 0 Å². The first-order valence-corrected chi connectivity index (χ1v) is 11.4. The lowest BCUT2D eigenvalue weighted by molar-refractivity contribution is -0.129. The van der Waals surface area contributed by atoms with E-state index in [0.717, 1.165) is 16.7 Å². The van der Waals surface area contributed by atoms with Crippen LogP contribution < -0.4 is 9.47 Å². The lowest BCUT2D eigenvalue weighted by Crippen LogP contribution is -2.37. The van der Waals surface area contributed by atoms with Crippen molar-refractivity contribution < 1.29 is 22.7 Å². The van der Waals surface area contributed by atoms with Crippen LogP contribution in [0.2, 0.25) is 0 Å². The summed E-state index contributed by atoms with van der Waals surface area (Å²) in [6, 6.07) is 14.4. The van der Waals surface area contributed by atoms with Crippen LogP contribution in [0.3, 0.4) is 0 Å². The van der Waals surface area contributed by atoms with Crippen molar-refractivity contribution in [1.29, 1.82) is 0 Å². The number of hydrogen-bond acceptors (Lipinski definition) is 5. The first-order chi connectivity index (χ1) is 14.5. The van der Waals surface area contributed by atoms with Gasteiger partial charge in [0.2, 0.25) is 15.9 Å². The molecular formula is C22H22N2O5S. The Morgan fingerprint density at radius 1 is 0.867 bits per heavy atom. The number of benzene rings is 2. The summed E-state index contributed by atoms with van der Waals surface area (Å²) in [4.78, 5) is 14.6. The van der Waals surface area contributed by atoms with E-state index in [1.165, 1.54) is 10.4 Å². The van der Waals surface area contributed by atoms with Gasteiger partial charge >= 0.3 is 0 Å². The van der Waals surface area contributed by atoms with E-state index in [0.29, 0.717) is 57.3 Å². The van der Waals surface area contributed by atoms with Crippen molar-refractivity contribution in [3.05, 3.63) is 65.2 Å². The predicted octanol–water partition coefficient (Wildman–Crippen LogP) is 1.84. The van der Waals surface area contributed by atoms with Crippen LogP contribution in [0.5, 0.6) is 11.5 Å². The van der Waals surface area contributed by atoms with E-state index in [1.807, 2.05) is 35.2 Å². The van der Waals surface area contributed by atoms with Crippen molar-refractivity contribution >= 4 is 15.9 Å². The average molecular weight is 426 g/mol. The molecule has 0 bridgehead atoms. The molecule has 2 aromatic carbocycles. The second kappa shape index (κ2) is 7.45. The summed E-state index contributed by atoms with van der Waals surface area (Å²) in [5.41, 5.74) is 3.03. The van der Waals surface area contributed by atoms with Crippen molar-refractivity contribution in [3.8, 4) is 11.5 Å². The van der Waals surface area contributed by atoms with Crippen LogP contribution in [0, 0.1) is 0 Å². The molecule has 3 heterocycles. The van der Waals surface area contributed by atoms with Gasteiger partial charge in [0.1, 0.15) is 13.2 Å². The number of hydrogen-bond donors (Lipinski definition) is 0. The van der Waals surface area contributed by atoms with Crippen LogP contribution in [-0.4, -0.2) is 62.9 Å². The predicted molar refractivity (Wildman–Crippen MR) is 110 cm³/mol. The van der Waals surface area contributed by atoms with E-state index in [4.69, 9.17) is 9.47 Å². The van der Waals surface area contributed by atoms with Gasteiger partial charge in [-0.3, -0.25) is 4.79 Å². The summed E-state index contributed by atoms with van der Waals surface area (Å²) >= 11 is 0. The van der Waals surface area contributed by atoms with Gasteiger partial charge in [-0.2, -0.15) is 4.31 Å². The summed E-state index contributed by atoms with van der Waals surface area (Å²) in [6.07, 6.45) is 0.362. The Hall–Kier alpha value is -2.84. The fraction of sp³-hybridized carbons (Fsp3) is 0.318. The molecule has 2 aromatic rings. The van der Waals surface area contributed by atoms with Gasteiger partial charge in [-0.05, 0) is 28.8 Å². The molecule has 0 unspecified atom stereocenters. The van der Waals surface area contributed by atoms with Gasteiger partial charge < -0.3 is 14.4 Å². The molecule has 0 atom stereocenters. The van der Waals surface area contributed by atoms with E-state index in [-0.39, 0.29) is 10.8 Å². The maximum absolute atomic E-state index is 13.1. The van der Waals surface area contributed by atoms with Crippen LogP contribution in [0.1, 0.15) is 5.56 Å². The third kappa shape index (κ3) is 3.46. The van der Waals surface area contributed by atoms with Gasteiger partial charge in [0.15, 0.2) is 11.5 Å². The molecule has 0 radical (unpaired) electrons. The zero-order chi connectivity index (χ0) is 20.7. The first-order valence-electron chi connectivity index (χ1n) is 9.92. The molecule has 3 aliphatic heterocycles. The topological polar surface area (TPSA) is 76.2 Å². The van der Waals surface area contributed by atoms with Crippen LogP contribution in [0.15, 0.2) is 64.6 Å². The largest absolute Gasteiger partial charge is 0.486 e. The second-order valence-electron chi connectivity index (χ2n) is 7.70. The number of nitrogens with zero attached hydrogens (tertiary/aromatic N) is 2. The highest BCUT2D eigenvalue weighted by Gasteiger charge is 2.37. The van der Waals surface area contributed by atoms with Crippen LogP contribution >= 0.6 is 0 Å². The van der Waals surface area contributed by atoms with Gasteiger partial charge in [-0.25, -0.2) is 8.42 Å². The molecule has 3 aliphatic rings. The highest BCUT2D eigenvalue weighted by molar-refractivity contribution is 7.89. The number of fused-ring (bicyclic) bond motifs is 1. The van der Waals surface area contributed by atoms with Gasteiger partial charge in [0.05, 0.1) is 11.3 Å². The quantitative estimate of drug-likeness (QED) is 0.698. The zero-order valence-electron chi connectivity index (χ0n) is 16.4. The summed E-state index contributed by atoms with van der Waals surface area (Å²) in [5.74, 6) is 1.09. The number of sulfonamides is 1.